The van der Waals surface area contributed by atoms with Crippen molar-refractivity contribution in [3.63, 3.8) is 0 Å². The molecule has 1 fully saturated rings. The van der Waals surface area contributed by atoms with Gasteiger partial charge in [-0.1, -0.05) is 18.2 Å². The standard InChI is InChI=1S/C12H18N2O/c1-15-7-6-10-4-2-3-5-12(10)14-11-8-13-9-11/h2-5,11,13-14H,6-9H2,1H3. The summed E-state index contributed by atoms with van der Waals surface area (Å²) in [5.41, 5.74) is 2.59. The lowest BCUT2D eigenvalue weighted by Gasteiger charge is -2.29. The van der Waals surface area contributed by atoms with Crippen LogP contribution in [0.5, 0.6) is 0 Å². The third-order valence-corrected chi connectivity index (χ3v) is 2.73. The Labute approximate surface area is 90.8 Å². The van der Waals surface area contributed by atoms with Crippen LogP contribution in [-0.4, -0.2) is 32.8 Å². The zero-order valence-electron chi connectivity index (χ0n) is 9.12. The van der Waals surface area contributed by atoms with Crippen LogP contribution in [0.25, 0.3) is 0 Å². The number of ether oxygens (including phenoxy) is 1. The zero-order valence-corrected chi connectivity index (χ0v) is 9.12. The Bertz CT molecular complexity index is 310. The molecule has 0 aromatic heterocycles. The molecule has 0 radical (unpaired) electrons. The molecule has 0 unspecified atom stereocenters. The first-order chi connectivity index (χ1) is 7.40. The molecule has 1 aliphatic heterocycles. The van der Waals surface area contributed by atoms with Crippen molar-refractivity contribution >= 4 is 5.69 Å². The molecule has 0 amide bonds. The van der Waals surface area contributed by atoms with E-state index in [1.54, 1.807) is 7.11 Å². The molecular formula is C12H18N2O. The minimum Gasteiger partial charge on any atom is -0.384 e. The van der Waals surface area contributed by atoms with Gasteiger partial charge in [-0.2, -0.15) is 0 Å². The lowest BCUT2D eigenvalue weighted by atomic mass is 10.1. The van der Waals surface area contributed by atoms with E-state index >= 15 is 0 Å². The Morgan fingerprint density at radius 2 is 2.20 bits per heavy atom. The van der Waals surface area contributed by atoms with Crippen LogP contribution in [0.1, 0.15) is 5.56 Å². The predicted octanol–water partition coefficient (Wildman–Crippen LogP) is 1.26. The molecule has 3 heteroatoms. The molecule has 2 rings (SSSR count). The van der Waals surface area contributed by atoms with E-state index in [1.165, 1.54) is 11.3 Å². The highest BCUT2D eigenvalue weighted by atomic mass is 16.5. The average Bonchev–Trinajstić information content (AvgIpc) is 2.22. The molecule has 15 heavy (non-hydrogen) atoms. The number of para-hydroxylation sites is 1. The highest BCUT2D eigenvalue weighted by Crippen LogP contribution is 2.17. The Morgan fingerprint density at radius 3 is 2.87 bits per heavy atom. The molecule has 2 N–H and O–H groups in total. The Morgan fingerprint density at radius 1 is 1.40 bits per heavy atom. The van der Waals surface area contributed by atoms with Crippen molar-refractivity contribution in [3.8, 4) is 0 Å². The molecule has 1 aromatic rings. The highest BCUT2D eigenvalue weighted by molar-refractivity contribution is 5.52. The number of hydrogen-bond donors (Lipinski definition) is 2. The number of anilines is 1. The van der Waals surface area contributed by atoms with E-state index < -0.39 is 0 Å². The molecule has 0 spiro atoms. The van der Waals surface area contributed by atoms with E-state index in [0.717, 1.165) is 26.1 Å². The van der Waals surface area contributed by atoms with Gasteiger partial charge >= 0.3 is 0 Å². The van der Waals surface area contributed by atoms with Gasteiger partial charge in [0.05, 0.1) is 12.6 Å². The van der Waals surface area contributed by atoms with Gasteiger partial charge in [-0.05, 0) is 18.1 Å². The predicted molar refractivity (Wildman–Crippen MR) is 62.3 cm³/mol. The van der Waals surface area contributed by atoms with E-state index in [0.29, 0.717) is 6.04 Å². The SMILES string of the molecule is COCCc1ccccc1NC1CNC1. The summed E-state index contributed by atoms with van der Waals surface area (Å²) in [4.78, 5) is 0. The maximum absolute atomic E-state index is 5.11. The molecule has 1 heterocycles. The number of nitrogens with one attached hydrogen (secondary N) is 2. The summed E-state index contributed by atoms with van der Waals surface area (Å²) >= 11 is 0. The van der Waals surface area contributed by atoms with E-state index in [-0.39, 0.29) is 0 Å². The van der Waals surface area contributed by atoms with Crippen LogP contribution in [0.4, 0.5) is 5.69 Å². The lowest BCUT2D eigenvalue weighted by Crippen LogP contribution is -2.51. The van der Waals surface area contributed by atoms with E-state index in [9.17, 15) is 0 Å². The molecule has 82 valence electrons. The van der Waals surface area contributed by atoms with Crippen LogP contribution < -0.4 is 10.6 Å². The van der Waals surface area contributed by atoms with Crippen LogP contribution in [-0.2, 0) is 11.2 Å². The topological polar surface area (TPSA) is 33.3 Å². The molecule has 1 aliphatic rings. The van der Waals surface area contributed by atoms with Gasteiger partial charge in [0.1, 0.15) is 0 Å². The third kappa shape index (κ3) is 2.70. The van der Waals surface area contributed by atoms with Crippen molar-refractivity contribution in [2.24, 2.45) is 0 Å². The smallest absolute Gasteiger partial charge is 0.0510 e. The van der Waals surface area contributed by atoms with Crippen LogP contribution in [0, 0.1) is 0 Å². The molecular weight excluding hydrogens is 188 g/mol. The summed E-state index contributed by atoms with van der Waals surface area (Å²) < 4.78 is 5.11. The van der Waals surface area contributed by atoms with Gasteiger partial charge in [-0.3, -0.25) is 0 Å². The summed E-state index contributed by atoms with van der Waals surface area (Å²) in [5, 5.41) is 6.79. The van der Waals surface area contributed by atoms with Gasteiger partial charge < -0.3 is 15.4 Å². The zero-order chi connectivity index (χ0) is 10.5. The Kier molecular flexibility index (Phi) is 3.59. The summed E-state index contributed by atoms with van der Waals surface area (Å²) in [6.07, 6.45) is 0.972. The Balaban J connectivity index is 1.99. The fraction of sp³-hybridized carbons (Fsp3) is 0.500. The molecule has 3 nitrogen and oxygen atoms in total. The van der Waals surface area contributed by atoms with Crippen molar-refractivity contribution in [1.29, 1.82) is 0 Å². The van der Waals surface area contributed by atoms with E-state index in [2.05, 4.69) is 34.9 Å². The highest BCUT2D eigenvalue weighted by Gasteiger charge is 2.16. The summed E-state index contributed by atoms with van der Waals surface area (Å²) in [7, 11) is 1.74. The lowest BCUT2D eigenvalue weighted by molar-refractivity contribution is 0.202. The minimum absolute atomic E-state index is 0.591. The summed E-state index contributed by atoms with van der Waals surface area (Å²) in [6.45, 7) is 2.92. The van der Waals surface area contributed by atoms with Gasteiger partial charge in [0, 0.05) is 25.9 Å². The maximum atomic E-state index is 5.11. The molecule has 1 saturated heterocycles. The summed E-state index contributed by atoms with van der Waals surface area (Å²) in [6, 6.07) is 9.05. The molecule has 0 saturated carbocycles. The molecule has 0 bridgehead atoms. The third-order valence-electron chi connectivity index (χ3n) is 2.73. The van der Waals surface area contributed by atoms with Crippen molar-refractivity contribution in [3.05, 3.63) is 29.8 Å². The van der Waals surface area contributed by atoms with Gasteiger partial charge in [0.25, 0.3) is 0 Å². The first kappa shape index (κ1) is 10.5. The van der Waals surface area contributed by atoms with Crippen molar-refractivity contribution in [2.45, 2.75) is 12.5 Å². The first-order valence-corrected chi connectivity index (χ1v) is 5.44. The second-order valence-corrected chi connectivity index (χ2v) is 3.90. The fourth-order valence-corrected chi connectivity index (χ4v) is 1.70. The average molecular weight is 206 g/mol. The van der Waals surface area contributed by atoms with Crippen LogP contribution in [0.2, 0.25) is 0 Å². The fourth-order valence-electron chi connectivity index (χ4n) is 1.70. The van der Waals surface area contributed by atoms with Crippen LogP contribution >= 0.6 is 0 Å². The van der Waals surface area contributed by atoms with Crippen molar-refractivity contribution < 1.29 is 4.74 Å². The number of rotatable bonds is 5. The van der Waals surface area contributed by atoms with Crippen molar-refractivity contribution in [1.82, 2.24) is 5.32 Å². The van der Waals surface area contributed by atoms with Gasteiger partial charge in [-0.25, -0.2) is 0 Å². The summed E-state index contributed by atoms with van der Waals surface area (Å²) in [5.74, 6) is 0. The Hall–Kier alpha value is -1.06. The van der Waals surface area contributed by atoms with Gasteiger partial charge in [0.15, 0.2) is 0 Å². The normalized spacial score (nSPS) is 16.1. The molecule has 0 aliphatic carbocycles. The number of methoxy groups -OCH3 is 1. The minimum atomic E-state index is 0.591. The van der Waals surface area contributed by atoms with E-state index in [1.807, 2.05) is 0 Å². The van der Waals surface area contributed by atoms with Crippen LogP contribution in [0.3, 0.4) is 0 Å². The number of benzene rings is 1. The van der Waals surface area contributed by atoms with Gasteiger partial charge in [-0.15, -0.1) is 0 Å². The second-order valence-electron chi connectivity index (χ2n) is 3.90. The van der Waals surface area contributed by atoms with E-state index in [4.69, 9.17) is 4.74 Å². The quantitative estimate of drug-likeness (QED) is 0.761. The second kappa shape index (κ2) is 5.14. The van der Waals surface area contributed by atoms with Gasteiger partial charge in [0.2, 0.25) is 0 Å². The molecule has 1 aromatic carbocycles. The molecule has 0 atom stereocenters. The van der Waals surface area contributed by atoms with Crippen LogP contribution in [0.15, 0.2) is 24.3 Å². The first-order valence-electron chi connectivity index (χ1n) is 5.44. The largest absolute Gasteiger partial charge is 0.384 e. The maximum Gasteiger partial charge on any atom is 0.0510 e. The number of hydrogen-bond acceptors (Lipinski definition) is 3. The van der Waals surface area contributed by atoms with Crippen molar-refractivity contribution in [2.75, 3.05) is 32.1 Å². The monoisotopic (exact) mass is 206 g/mol.